The second-order valence-electron chi connectivity index (χ2n) is 2.81. The topological polar surface area (TPSA) is 28.7 Å². The number of benzene rings is 1. The molecule has 1 aromatic heterocycles. The van der Waals surface area contributed by atoms with Crippen LogP contribution in [-0.4, -0.2) is 9.97 Å². The lowest BCUT2D eigenvalue weighted by atomic mass is 10.1. The molecule has 0 aliphatic rings. The van der Waals surface area contributed by atoms with Gasteiger partial charge in [0, 0.05) is 18.0 Å². The van der Waals surface area contributed by atoms with Gasteiger partial charge in [-0.25, -0.2) is 4.98 Å². The first-order valence-electron chi connectivity index (χ1n) is 3.93. The third-order valence-electron chi connectivity index (χ3n) is 1.79. The van der Waals surface area contributed by atoms with E-state index in [0.717, 1.165) is 11.4 Å². The Labute approximate surface area is 71.3 Å². The molecule has 0 bridgehead atoms. The summed E-state index contributed by atoms with van der Waals surface area (Å²) in [5.41, 5.74) is 2.39. The number of aryl methyl sites for hydroxylation is 1. The van der Waals surface area contributed by atoms with Gasteiger partial charge in [0.1, 0.15) is 5.82 Å². The van der Waals surface area contributed by atoms with Gasteiger partial charge in [0.05, 0.1) is 0 Å². The fraction of sp³-hybridized carbons (Fsp3) is 0.100. The highest BCUT2D eigenvalue weighted by molar-refractivity contribution is 5.55. The van der Waals surface area contributed by atoms with E-state index in [0.29, 0.717) is 0 Å². The summed E-state index contributed by atoms with van der Waals surface area (Å²) < 4.78 is 0. The van der Waals surface area contributed by atoms with E-state index >= 15 is 0 Å². The van der Waals surface area contributed by atoms with Gasteiger partial charge in [-0.2, -0.15) is 0 Å². The van der Waals surface area contributed by atoms with Gasteiger partial charge >= 0.3 is 0 Å². The molecule has 60 valence electrons. The Hall–Kier alpha value is -1.57. The average molecular weight is 158 g/mol. The maximum Gasteiger partial charge on any atom is 0.137 e. The van der Waals surface area contributed by atoms with Crippen LogP contribution in [0.15, 0.2) is 36.7 Å². The zero-order chi connectivity index (χ0) is 8.39. The number of hydrogen-bond acceptors (Lipinski definition) is 1. The highest BCUT2D eigenvalue weighted by atomic mass is 14.9. The number of aromatic nitrogens is 2. The zero-order valence-electron chi connectivity index (χ0n) is 6.91. The van der Waals surface area contributed by atoms with Crippen molar-refractivity contribution in [3.8, 4) is 11.4 Å². The van der Waals surface area contributed by atoms with E-state index in [4.69, 9.17) is 0 Å². The number of rotatable bonds is 1. The molecule has 1 aromatic carbocycles. The van der Waals surface area contributed by atoms with Gasteiger partial charge in [0.25, 0.3) is 0 Å². The lowest BCUT2D eigenvalue weighted by molar-refractivity contribution is 1.30. The molecule has 0 aliphatic carbocycles. The van der Waals surface area contributed by atoms with E-state index in [9.17, 15) is 0 Å². The summed E-state index contributed by atoms with van der Waals surface area (Å²) >= 11 is 0. The van der Waals surface area contributed by atoms with Crippen molar-refractivity contribution >= 4 is 0 Å². The van der Waals surface area contributed by atoms with Crippen molar-refractivity contribution in [3.63, 3.8) is 0 Å². The van der Waals surface area contributed by atoms with Crippen molar-refractivity contribution < 1.29 is 0 Å². The summed E-state index contributed by atoms with van der Waals surface area (Å²) in [5.74, 6) is 0.929. The normalized spacial score (nSPS) is 10.1. The molecule has 0 saturated carbocycles. The Kier molecular flexibility index (Phi) is 1.67. The summed E-state index contributed by atoms with van der Waals surface area (Å²) in [6.45, 7) is 2.08. The number of hydrogen-bond donors (Lipinski definition) is 1. The molecule has 0 aliphatic heterocycles. The first-order chi connectivity index (χ1) is 5.86. The zero-order valence-corrected chi connectivity index (χ0v) is 6.91. The maximum atomic E-state index is 4.17. The molecule has 0 saturated heterocycles. The minimum Gasteiger partial charge on any atom is -0.345 e. The van der Waals surface area contributed by atoms with Crippen LogP contribution in [0.1, 0.15) is 5.56 Å². The Morgan fingerprint density at radius 3 is 2.92 bits per heavy atom. The van der Waals surface area contributed by atoms with Crippen LogP contribution in [0.2, 0.25) is 0 Å². The average Bonchev–Trinajstić information content (AvgIpc) is 2.56. The molecular weight excluding hydrogens is 148 g/mol. The smallest absolute Gasteiger partial charge is 0.137 e. The van der Waals surface area contributed by atoms with Crippen molar-refractivity contribution in [3.05, 3.63) is 42.2 Å². The number of nitrogens with zero attached hydrogens (tertiary/aromatic N) is 1. The molecular formula is C10H10N2. The number of aromatic amines is 1. The fourth-order valence-electron chi connectivity index (χ4n) is 1.22. The molecule has 2 heteroatoms. The fourth-order valence-corrected chi connectivity index (χ4v) is 1.22. The largest absolute Gasteiger partial charge is 0.345 e. The van der Waals surface area contributed by atoms with Gasteiger partial charge in [-0.05, 0) is 13.0 Å². The lowest BCUT2D eigenvalue weighted by Crippen LogP contribution is -1.80. The van der Waals surface area contributed by atoms with Gasteiger partial charge in [-0.15, -0.1) is 0 Å². The quantitative estimate of drug-likeness (QED) is 0.678. The molecule has 0 spiro atoms. The second-order valence-corrected chi connectivity index (χ2v) is 2.81. The van der Waals surface area contributed by atoms with E-state index in [1.54, 1.807) is 6.20 Å². The van der Waals surface area contributed by atoms with Crippen molar-refractivity contribution in [1.29, 1.82) is 0 Å². The molecule has 0 fully saturated rings. The van der Waals surface area contributed by atoms with Crippen LogP contribution in [0.5, 0.6) is 0 Å². The molecule has 2 aromatic rings. The minimum atomic E-state index is 0.929. The van der Waals surface area contributed by atoms with Crippen LogP contribution in [0, 0.1) is 6.92 Å². The van der Waals surface area contributed by atoms with Crippen molar-refractivity contribution in [2.45, 2.75) is 6.92 Å². The monoisotopic (exact) mass is 158 g/mol. The molecule has 2 rings (SSSR count). The predicted octanol–water partition coefficient (Wildman–Crippen LogP) is 2.39. The van der Waals surface area contributed by atoms with Crippen molar-refractivity contribution in [2.75, 3.05) is 0 Å². The third kappa shape index (κ3) is 1.23. The Bertz CT molecular complexity index is 363. The molecule has 0 amide bonds. The van der Waals surface area contributed by atoms with Gasteiger partial charge in [0.2, 0.25) is 0 Å². The summed E-state index contributed by atoms with van der Waals surface area (Å²) in [6.07, 6.45) is 3.59. The van der Waals surface area contributed by atoms with E-state index in [1.807, 2.05) is 18.3 Å². The standard InChI is InChI=1S/C10H10N2/c1-8-3-2-4-9(7-8)10-11-5-6-12-10/h2-7H,1H3,(H,11,12). The van der Waals surface area contributed by atoms with Gasteiger partial charge in [-0.1, -0.05) is 23.8 Å². The second kappa shape index (κ2) is 2.81. The third-order valence-corrected chi connectivity index (χ3v) is 1.79. The summed E-state index contributed by atoms with van der Waals surface area (Å²) in [4.78, 5) is 7.24. The van der Waals surface area contributed by atoms with Crippen LogP contribution in [0.4, 0.5) is 0 Å². The molecule has 0 atom stereocenters. The SMILES string of the molecule is Cc1cccc(-c2ncc[nH]2)c1. The summed E-state index contributed by atoms with van der Waals surface area (Å²) in [6, 6.07) is 8.27. The van der Waals surface area contributed by atoms with Crippen molar-refractivity contribution in [2.24, 2.45) is 0 Å². The van der Waals surface area contributed by atoms with Crippen LogP contribution < -0.4 is 0 Å². The molecule has 0 unspecified atom stereocenters. The summed E-state index contributed by atoms with van der Waals surface area (Å²) in [7, 11) is 0. The van der Waals surface area contributed by atoms with E-state index in [-0.39, 0.29) is 0 Å². The first-order valence-corrected chi connectivity index (χ1v) is 3.93. The first kappa shape index (κ1) is 7.10. The molecule has 1 heterocycles. The van der Waals surface area contributed by atoms with E-state index in [2.05, 4.69) is 29.0 Å². The van der Waals surface area contributed by atoms with Crippen LogP contribution in [0.3, 0.4) is 0 Å². The number of imidazole rings is 1. The summed E-state index contributed by atoms with van der Waals surface area (Å²) in [5, 5.41) is 0. The Balaban J connectivity index is 2.48. The van der Waals surface area contributed by atoms with Gasteiger partial charge in [0.15, 0.2) is 0 Å². The van der Waals surface area contributed by atoms with Crippen LogP contribution >= 0.6 is 0 Å². The van der Waals surface area contributed by atoms with E-state index < -0.39 is 0 Å². The Morgan fingerprint density at radius 2 is 2.25 bits per heavy atom. The highest BCUT2D eigenvalue weighted by Gasteiger charge is 1.97. The van der Waals surface area contributed by atoms with Crippen molar-refractivity contribution in [1.82, 2.24) is 9.97 Å². The van der Waals surface area contributed by atoms with Gasteiger partial charge < -0.3 is 4.98 Å². The lowest BCUT2D eigenvalue weighted by Gasteiger charge is -1.96. The Morgan fingerprint density at radius 1 is 1.33 bits per heavy atom. The number of nitrogens with one attached hydrogen (secondary N) is 1. The number of H-pyrrole nitrogens is 1. The molecule has 0 radical (unpaired) electrons. The highest BCUT2D eigenvalue weighted by Crippen LogP contribution is 2.14. The molecule has 1 N–H and O–H groups in total. The van der Waals surface area contributed by atoms with Gasteiger partial charge in [-0.3, -0.25) is 0 Å². The van der Waals surface area contributed by atoms with Crippen LogP contribution in [-0.2, 0) is 0 Å². The van der Waals surface area contributed by atoms with Crippen LogP contribution in [0.25, 0.3) is 11.4 Å². The minimum absolute atomic E-state index is 0.929. The molecule has 12 heavy (non-hydrogen) atoms. The predicted molar refractivity (Wildman–Crippen MR) is 48.8 cm³/mol. The van der Waals surface area contributed by atoms with E-state index in [1.165, 1.54) is 5.56 Å². The molecule has 2 nitrogen and oxygen atoms in total. The maximum absolute atomic E-state index is 4.17.